The van der Waals surface area contributed by atoms with Crippen molar-refractivity contribution in [3.05, 3.63) is 35.6 Å². The molecule has 1 aliphatic rings. The molecule has 1 N–H and O–H groups in total. The quantitative estimate of drug-likeness (QED) is 0.843. The van der Waals surface area contributed by atoms with Crippen molar-refractivity contribution in [3.63, 3.8) is 0 Å². The predicted molar refractivity (Wildman–Crippen MR) is 57.2 cm³/mol. The Bertz CT molecular complexity index is 377. The number of rotatable bonds is 3. The van der Waals surface area contributed by atoms with Crippen LogP contribution in [0.5, 0.6) is 0 Å². The molecule has 0 spiro atoms. The molecule has 0 aliphatic carbocycles. The summed E-state index contributed by atoms with van der Waals surface area (Å²) in [7, 11) is 0. The number of likely N-dealkylation sites (tertiary alicyclic amines) is 1. The largest absolute Gasteiger partial charge is 0.395 e. The van der Waals surface area contributed by atoms with Crippen LogP contribution >= 0.6 is 0 Å². The van der Waals surface area contributed by atoms with E-state index in [-0.39, 0.29) is 24.4 Å². The van der Waals surface area contributed by atoms with Gasteiger partial charge < -0.3 is 10.0 Å². The van der Waals surface area contributed by atoms with E-state index >= 15 is 0 Å². The van der Waals surface area contributed by atoms with E-state index in [1.165, 1.54) is 12.1 Å². The number of β-amino-alcohol motifs (C(OH)–C–C–N with tert-alkyl or cyclic N) is 1. The van der Waals surface area contributed by atoms with Crippen molar-refractivity contribution in [3.8, 4) is 0 Å². The Labute approximate surface area is 93.5 Å². The Hall–Kier alpha value is -1.42. The molecule has 16 heavy (non-hydrogen) atoms. The summed E-state index contributed by atoms with van der Waals surface area (Å²) in [5, 5.41) is 8.90. The second-order valence-corrected chi connectivity index (χ2v) is 3.92. The van der Waals surface area contributed by atoms with Crippen molar-refractivity contribution in [2.75, 3.05) is 13.2 Å². The van der Waals surface area contributed by atoms with Crippen LogP contribution < -0.4 is 0 Å². The molecule has 1 fully saturated rings. The van der Waals surface area contributed by atoms with Gasteiger partial charge in [0, 0.05) is 13.0 Å². The van der Waals surface area contributed by atoms with Crippen LogP contribution in [-0.4, -0.2) is 29.1 Å². The van der Waals surface area contributed by atoms with Gasteiger partial charge in [-0.25, -0.2) is 4.39 Å². The first kappa shape index (κ1) is 11.1. The number of halogens is 1. The van der Waals surface area contributed by atoms with Crippen LogP contribution in [0, 0.1) is 5.82 Å². The van der Waals surface area contributed by atoms with Crippen LogP contribution in [0.4, 0.5) is 4.39 Å². The topological polar surface area (TPSA) is 40.5 Å². The van der Waals surface area contributed by atoms with E-state index in [4.69, 9.17) is 5.11 Å². The third-order valence-electron chi connectivity index (χ3n) is 2.92. The van der Waals surface area contributed by atoms with Crippen molar-refractivity contribution in [2.45, 2.75) is 18.9 Å². The van der Waals surface area contributed by atoms with Crippen molar-refractivity contribution >= 4 is 5.91 Å². The minimum atomic E-state index is -0.276. The molecule has 4 heteroatoms. The van der Waals surface area contributed by atoms with Gasteiger partial charge in [0.15, 0.2) is 0 Å². The van der Waals surface area contributed by atoms with E-state index in [0.29, 0.717) is 13.0 Å². The molecular formula is C12H14FNO2. The molecule has 0 aromatic heterocycles. The molecule has 1 aliphatic heterocycles. The lowest BCUT2D eigenvalue weighted by Crippen LogP contribution is -2.30. The summed E-state index contributed by atoms with van der Waals surface area (Å²) in [6, 6.07) is 6.18. The van der Waals surface area contributed by atoms with Crippen LogP contribution in [-0.2, 0) is 4.79 Å². The summed E-state index contributed by atoms with van der Waals surface area (Å²) in [6.45, 7) is 0.310. The Morgan fingerprint density at radius 3 is 2.69 bits per heavy atom. The summed E-state index contributed by atoms with van der Waals surface area (Å²) >= 11 is 0. The molecule has 86 valence electrons. The molecule has 1 aromatic carbocycles. The number of aliphatic hydroxyl groups is 1. The van der Waals surface area contributed by atoms with Crippen LogP contribution in [0.2, 0.25) is 0 Å². The van der Waals surface area contributed by atoms with Crippen LogP contribution in [0.3, 0.4) is 0 Å². The highest BCUT2D eigenvalue weighted by molar-refractivity contribution is 5.79. The molecule has 1 saturated heterocycles. The highest BCUT2D eigenvalue weighted by Crippen LogP contribution is 2.32. The number of amides is 1. The first-order chi connectivity index (χ1) is 7.72. The fraction of sp³-hybridized carbons (Fsp3) is 0.417. The predicted octanol–water partition coefficient (Wildman–Crippen LogP) is 1.48. The lowest BCUT2D eigenvalue weighted by atomic mass is 10.0. The maximum atomic E-state index is 12.8. The number of nitrogens with zero attached hydrogens (tertiary/aromatic N) is 1. The Balaban J connectivity index is 2.19. The number of carbonyl (C=O) groups excluding carboxylic acids is 1. The van der Waals surface area contributed by atoms with Gasteiger partial charge in [0.1, 0.15) is 5.82 Å². The monoisotopic (exact) mass is 223 g/mol. The normalized spacial score (nSPS) is 20.5. The van der Waals surface area contributed by atoms with Crippen molar-refractivity contribution in [2.24, 2.45) is 0 Å². The van der Waals surface area contributed by atoms with Crippen molar-refractivity contribution in [1.82, 2.24) is 4.90 Å². The molecule has 3 nitrogen and oxygen atoms in total. The molecule has 2 rings (SSSR count). The van der Waals surface area contributed by atoms with E-state index in [0.717, 1.165) is 12.0 Å². The van der Waals surface area contributed by atoms with Crippen LogP contribution in [0.15, 0.2) is 24.3 Å². The van der Waals surface area contributed by atoms with Crippen LogP contribution in [0.25, 0.3) is 0 Å². The maximum absolute atomic E-state index is 12.8. The Morgan fingerprint density at radius 1 is 1.38 bits per heavy atom. The van der Waals surface area contributed by atoms with E-state index in [1.54, 1.807) is 17.0 Å². The third kappa shape index (κ3) is 2.07. The molecule has 0 saturated carbocycles. The van der Waals surface area contributed by atoms with Gasteiger partial charge >= 0.3 is 0 Å². The number of carbonyl (C=O) groups is 1. The molecule has 0 bridgehead atoms. The van der Waals surface area contributed by atoms with Gasteiger partial charge in [-0.3, -0.25) is 4.79 Å². The number of hydrogen-bond acceptors (Lipinski definition) is 2. The maximum Gasteiger partial charge on any atom is 0.223 e. The molecule has 0 radical (unpaired) electrons. The Kier molecular flexibility index (Phi) is 3.19. The van der Waals surface area contributed by atoms with Gasteiger partial charge in [-0.15, -0.1) is 0 Å². The summed E-state index contributed by atoms with van der Waals surface area (Å²) in [6.07, 6.45) is 1.24. The minimum Gasteiger partial charge on any atom is -0.395 e. The van der Waals surface area contributed by atoms with Gasteiger partial charge in [0.2, 0.25) is 5.91 Å². The van der Waals surface area contributed by atoms with Crippen LogP contribution in [0.1, 0.15) is 24.4 Å². The van der Waals surface area contributed by atoms with Crippen molar-refractivity contribution < 1.29 is 14.3 Å². The summed E-state index contributed by atoms with van der Waals surface area (Å²) in [5.74, 6) is -0.217. The summed E-state index contributed by atoms with van der Waals surface area (Å²) in [5.41, 5.74) is 0.931. The SMILES string of the molecule is O=C1CC[C@H](c2ccc(F)cc2)N1CCO. The highest BCUT2D eigenvalue weighted by Gasteiger charge is 2.31. The average molecular weight is 223 g/mol. The van der Waals surface area contributed by atoms with Gasteiger partial charge in [-0.1, -0.05) is 12.1 Å². The second kappa shape index (κ2) is 4.61. The summed E-state index contributed by atoms with van der Waals surface area (Å²) in [4.78, 5) is 13.2. The third-order valence-corrected chi connectivity index (χ3v) is 2.92. The van der Waals surface area contributed by atoms with E-state index < -0.39 is 0 Å². The number of hydrogen-bond donors (Lipinski definition) is 1. The second-order valence-electron chi connectivity index (χ2n) is 3.92. The van der Waals surface area contributed by atoms with Gasteiger partial charge in [0.05, 0.1) is 12.6 Å². The van der Waals surface area contributed by atoms with E-state index in [9.17, 15) is 9.18 Å². The molecule has 0 unspecified atom stereocenters. The first-order valence-electron chi connectivity index (χ1n) is 5.38. The molecule has 1 amide bonds. The van der Waals surface area contributed by atoms with Gasteiger partial charge in [0.25, 0.3) is 0 Å². The smallest absolute Gasteiger partial charge is 0.223 e. The molecular weight excluding hydrogens is 209 g/mol. The van der Waals surface area contributed by atoms with Crippen molar-refractivity contribution in [1.29, 1.82) is 0 Å². The Morgan fingerprint density at radius 2 is 2.06 bits per heavy atom. The molecule has 1 atom stereocenters. The fourth-order valence-corrected chi connectivity index (χ4v) is 2.15. The zero-order valence-electron chi connectivity index (χ0n) is 8.90. The highest BCUT2D eigenvalue weighted by atomic mass is 19.1. The average Bonchev–Trinajstić information content (AvgIpc) is 2.63. The zero-order chi connectivity index (χ0) is 11.5. The molecule has 1 heterocycles. The van der Waals surface area contributed by atoms with Gasteiger partial charge in [-0.05, 0) is 24.1 Å². The lowest BCUT2D eigenvalue weighted by Gasteiger charge is -2.24. The fourth-order valence-electron chi connectivity index (χ4n) is 2.15. The lowest BCUT2D eigenvalue weighted by molar-refractivity contribution is -0.129. The number of aliphatic hydroxyl groups excluding tert-OH is 1. The van der Waals surface area contributed by atoms with E-state index in [2.05, 4.69) is 0 Å². The van der Waals surface area contributed by atoms with Gasteiger partial charge in [-0.2, -0.15) is 0 Å². The molecule has 1 aromatic rings. The number of benzene rings is 1. The summed E-state index contributed by atoms with van der Waals surface area (Å²) < 4.78 is 12.8. The first-order valence-corrected chi connectivity index (χ1v) is 5.38. The van der Waals surface area contributed by atoms with E-state index in [1.807, 2.05) is 0 Å². The standard InChI is InChI=1S/C12H14FNO2/c13-10-3-1-9(2-4-10)11-5-6-12(16)14(11)7-8-15/h1-4,11,15H,5-8H2/t11-/m1/s1. The zero-order valence-corrected chi connectivity index (χ0v) is 8.90. The minimum absolute atomic E-state index is 0.0137.